The molecule has 2 aliphatic rings. The van der Waals surface area contributed by atoms with Crippen molar-refractivity contribution in [3.63, 3.8) is 0 Å². The monoisotopic (exact) mass is 511 g/mol. The molecule has 0 radical (unpaired) electrons. The van der Waals surface area contributed by atoms with Gasteiger partial charge in [0, 0.05) is 49.6 Å². The first kappa shape index (κ1) is 26.2. The van der Waals surface area contributed by atoms with Gasteiger partial charge in [0.25, 0.3) is 5.91 Å². The number of hydrazine groups is 1. The molecule has 11 nitrogen and oxygen atoms in total. The maximum Gasteiger partial charge on any atom is 0.264 e. The average Bonchev–Trinajstić information content (AvgIpc) is 3.32. The van der Waals surface area contributed by atoms with E-state index in [0.29, 0.717) is 66.9 Å². The van der Waals surface area contributed by atoms with Gasteiger partial charge in [-0.25, -0.2) is 14.7 Å². The molecule has 0 aromatic carbocycles. The molecule has 2 aromatic rings. The lowest BCUT2D eigenvalue weighted by atomic mass is 9.92. The highest BCUT2D eigenvalue weighted by atomic mass is 19.1. The fraction of sp³-hybridized carbons (Fsp3) is 0.520. The molecule has 0 saturated carbocycles. The molecule has 37 heavy (non-hydrogen) atoms. The van der Waals surface area contributed by atoms with Crippen LogP contribution in [0.3, 0.4) is 0 Å². The summed E-state index contributed by atoms with van der Waals surface area (Å²) in [6.45, 7) is 6.57. The number of halogens is 1. The van der Waals surface area contributed by atoms with Gasteiger partial charge in [-0.15, -0.1) is 0 Å². The zero-order chi connectivity index (χ0) is 26.9. The molecule has 198 valence electrons. The SMILES string of the molecule is CCNc1cc(/C(N)=C(\C)N(N)C2CCN(C(=O)C3(F)CN(C(=O)CC)C3)CC2)cn2ncc(C#N)c12. The first-order valence-electron chi connectivity index (χ1n) is 12.6. The zero-order valence-corrected chi connectivity index (χ0v) is 21.5. The summed E-state index contributed by atoms with van der Waals surface area (Å²) >= 11 is 0. The summed E-state index contributed by atoms with van der Waals surface area (Å²) in [5.74, 6) is 5.77. The number of hydrogen-bond acceptors (Lipinski definition) is 8. The molecule has 2 amide bonds. The number of allylic oxidation sites excluding steroid dienone is 1. The highest BCUT2D eigenvalue weighted by molar-refractivity contribution is 5.90. The van der Waals surface area contributed by atoms with Gasteiger partial charge in [-0.2, -0.15) is 10.4 Å². The molecule has 0 aliphatic carbocycles. The van der Waals surface area contributed by atoms with Gasteiger partial charge in [0.1, 0.15) is 11.6 Å². The van der Waals surface area contributed by atoms with Gasteiger partial charge >= 0.3 is 0 Å². The normalized spacial score (nSPS) is 18.2. The van der Waals surface area contributed by atoms with Gasteiger partial charge in [0.15, 0.2) is 0 Å². The van der Waals surface area contributed by atoms with Crippen molar-refractivity contribution in [1.82, 2.24) is 24.4 Å². The summed E-state index contributed by atoms with van der Waals surface area (Å²) < 4.78 is 16.7. The third-order valence-corrected chi connectivity index (χ3v) is 7.25. The van der Waals surface area contributed by atoms with Gasteiger partial charge in [-0.3, -0.25) is 9.59 Å². The third-order valence-electron chi connectivity index (χ3n) is 7.25. The number of fused-ring (bicyclic) bond motifs is 1. The van der Waals surface area contributed by atoms with E-state index in [0.717, 1.165) is 5.69 Å². The smallest absolute Gasteiger partial charge is 0.264 e. The highest BCUT2D eigenvalue weighted by Crippen LogP contribution is 2.31. The Balaban J connectivity index is 1.44. The molecule has 0 unspecified atom stereocenters. The number of nitrogens with two attached hydrogens (primary N) is 2. The van der Waals surface area contributed by atoms with Crippen LogP contribution in [0.4, 0.5) is 10.1 Å². The number of piperidine rings is 1. The Morgan fingerprint density at radius 2 is 1.97 bits per heavy atom. The van der Waals surface area contributed by atoms with Crippen LogP contribution in [0.2, 0.25) is 0 Å². The Morgan fingerprint density at radius 1 is 1.30 bits per heavy atom. The number of rotatable bonds is 7. The molecule has 12 heteroatoms. The fourth-order valence-corrected chi connectivity index (χ4v) is 5.02. The maximum atomic E-state index is 15.1. The van der Waals surface area contributed by atoms with Crippen molar-refractivity contribution in [3.8, 4) is 6.07 Å². The van der Waals surface area contributed by atoms with Crippen LogP contribution < -0.4 is 16.9 Å². The Bertz CT molecular complexity index is 1270. The fourth-order valence-electron chi connectivity index (χ4n) is 5.02. The number of aromatic nitrogens is 2. The summed E-state index contributed by atoms with van der Waals surface area (Å²) in [5.41, 5.74) is 8.25. The van der Waals surface area contributed by atoms with Crippen LogP contribution in [0.15, 0.2) is 24.2 Å². The van der Waals surface area contributed by atoms with Gasteiger partial charge in [0.05, 0.1) is 36.2 Å². The van der Waals surface area contributed by atoms with E-state index in [-0.39, 0.29) is 25.0 Å². The lowest BCUT2D eigenvalue weighted by Gasteiger charge is -2.46. The van der Waals surface area contributed by atoms with Gasteiger partial charge < -0.3 is 25.9 Å². The van der Waals surface area contributed by atoms with E-state index in [1.54, 1.807) is 22.6 Å². The van der Waals surface area contributed by atoms with Crippen LogP contribution in [-0.4, -0.2) is 80.7 Å². The van der Waals surface area contributed by atoms with Crippen molar-refractivity contribution in [2.24, 2.45) is 11.6 Å². The molecule has 2 aromatic heterocycles. The van der Waals surface area contributed by atoms with Crippen LogP contribution >= 0.6 is 0 Å². The largest absolute Gasteiger partial charge is 0.397 e. The number of amides is 2. The molecule has 0 bridgehead atoms. The molecule has 2 fully saturated rings. The molecule has 0 spiro atoms. The summed E-state index contributed by atoms with van der Waals surface area (Å²) in [7, 11) is 0. The number of carbonyl (C=O) groups is 2. The van der Waals surface area contributed by atoms with E-state index in [4.69, 9.17) is 11.6 Å². The summed E-state index contributed by atoms with van der Waals surface area (Å²) in [6.07, 6.45) is 4.70. The van der Waals surface area contributed by atoms with Crippen LogP contribution in [0.1, 0.15) is 51.2 Å². The number of nitrogens with one attached hydrogen (secondary N) is 1. The molecule has 0 atom stereocenters. The van der Waals surface area contributed by atoms with Crippen molar-refractivity contribution in [1.29, 1.82) is 5.26 Å². The number of pyridine rings is 1. The van der Waals surface area contributed by atoms with Crippen LogP contribution in [0.25, 0.3) is 11.2 Å². The maximum absolute atomic E-state index is 15.1. The Hall–Kier alpha value is -3.85. The van der Waals surface area contributed by atoms with E-state index in [1.807, 2.05) is 19.9 Å². The average molecular weight is 512 g/mol. The van der Waals surface area contributed by atoms with Crippen LogP contribution in [-0.2, 0) is 9.59 Å². The standard InChI is InChI=1S/C25H34FN9O2/c1-4-21(36)33-14-25(26,15-33)24(37)32-8-6-19(7-9-32)35(29)16(3)22(28)17-10-20(30-5-2)23-18(11-27)12-31-34(23)13-17/h10,12-13,19,30H,4-9,14-15,28-29H2,1-3H3/b22-16-. The zero-order valence-electron chi connectivity index (χ0n) is 21.5. The highest BCUT2D eigenvalue weighted by Gasteiger charge is 2.53. The molecule has 2 saturated heterocycles. The second-order valence-electron chi connectivity index (χ2n) is 9.63. The van der Waals surface area contributed by atoms with Gasteiger partial charge in [-0.1, -0.05) is 6.92 Å². The summed E-state index contributed by atoms with van der Waals surface area (Å²) in [4.78, 5) is 27.4. The van der Waals surface area contributed by atoms with Crippen LogP contribution in [0.5, 0.6) is 0 Å². The number of anilines is 1. The molecule has 4 rings (SSSR count). The Labute approximate surface area is 215 Å². The second kappa shape index (κ2) is 10.3. The third kappa shape index (κ3) is 4.79. The lowest BCUT2D eigenvalue weighted by Crippen LogP contribution is -2.68. The Kier molecular flexibility index (Phi) is 7.27. The number of hydrogen-bond donors (Lipinski definition) is 3. The van der Waals surface area contributed by atoms with Crippen molar-refractivity contribution in [3.05, 3.63) is 35.3 Å². The molecule has 4 heterocycles. The minimum Gasteiger partial charge on any atom is -0.397 e. The number of likely N-dealkylation sites (tertiary alicyclic amines) is 2. The molecular formula is C25H34FN9O2. The van der Waals surface area contributed by atoms with Crippen molar-refractivity contribution < 1.29 is 14.0 Å². The summed E-state index contributed by atoms with van der Waals surface area (Å²) in [6, 6.07) is 3.95. The number of nitrogens with zero attached hydrogens (tertiary/aromatic N) is 6. The van der Waals surface area contributed by atoms with E-state index in [1.165, 1.54) is 16.0 Å². The Morgan fingerprint density at radius 3 is 2.57 bits per heavy atom. The van der Waals surface area contributed by atoms with Crippen molar-refractivity contribution in [2.75, 3.05) is 38.0 Å². The van der Waals surface area contributed by atoms with Crippen LogP contribution in [0, 0.1) is 11.3 Å². The van der Waals surface area contributed by atoms with E-state index in [2.05, 4.69) is 16.5 Å². The number of carbonyl (C=O) groups excluding carboxylic acids is 2. The number of nitriles is 1. The van der Waals surface area contributed by atoms with E-state index < -0.39 is 11.6 Å². The topological polar surface area (TPSA) is 149 Å². The second-order valence-corrected chi connectivity index (χ2v) is 9.63. The summed E-state index contributed by atoms with van der Waals surface area (Å²) in [5, 5.41) is 18.6. The molecule has 5 N–H and O–H groups in total. The van der Waals surface area contributed by atoms with Crippen molar-refractivity contribution in [2.45, 2.75) is 51.7 Å². The molecule has 2 aliphatic heterocycles. The van der Waals surface area contributed by atoms with Crippen molar-refractivity contribution >= 4 is 28.7 Å². The minimum absolute atomic E-state index is 0.0791. The predicted octanol–water partition coefficient (Wildman–Crippen LogP) is 1.41. The first-order chi connectivity index (χ1) is 17.6. The minimum atomic E-state index is -2.00. The van der Waals surface area contributed by atoms with Gasteiger partial charge in [-0.05, 0) is 32.8 Å². The van der Waals surface area contributed by atoms with Gasteiger partial charge in [0.2, 0.25) is 11.6 Å². The van der Waals surface area contributed by atoms with E-state index >= 15 is 4.39 Å². The molecular weight excluding hydrogens is 477 g/mol. The number of alkyl halides is 1. The lowest BCUT2D eigenvalue weighted by molar-refractivity contribution is -0.164. The van der Waals surface area contributed by atoms with E-state index in [9.17, 15) is 14.9 Å². The quantitative estimate of drug-likeness (QED) is 0.373. The predicted molar refractivity (Wildman–Crippen MR) is 137 cm³/mol. The first-order valence-corrected chi connectivity index (χ1v) is 12.6.